The van der Waals surface area contributed by atoms with E-state index in [-0.39, 0.29) is 40.1 Å². The molecule has 1 heterocycles. The number of amides is 1. The van der Waals surface area contributed by atoms with Gasteiger partial charge < -0.3 is 4.57 Å². The Labute approximate surface area is 229 Å². The number of non-ortho nitro benzene ring substituents is 2. The zero-order valence-corrected chi connectivity index (χ0v) is 21.0. The van der Waals surface area contributed by atoms with Gasteiger partial charge in [0.05, 0.1) is 32.1 Å². The van der Waals surface area contributed by atoms with Crippen LogP contribution >= 0.6 is 0 Å². The Bertz CT molecular complexity index is 1940. The molecule has 5 aromatic rings. The van der Waals surface area contributed by atoms with E-state index in [0.717, 1.165) is 33.9 Å². The Morgan fingerprint density at radius 1 is 0.732 bits per heavy atom. The maximum atomic E-state index is 13.0. The number of nitro benzene ring substituents is 3. The lowest BCUT2D eigenvalue weighted by atomic mass is 10.0. The molecule has 0 atom stereocenters. The van der Waals surface area contributed by atoms with Crippen LogP contribution in [0.4, 0.5) is 17.1 Å². The summed E-state index contributed by atoms with van der Waals surface area (Å²) >= 11 is 0. The topological polar surface area (TPSA) is 176 Å². The fourth-order valence-electron chi connectivity index (χ4n) is 5.29. The number of hydrogen-bond donors (Lipinski definition) is 1. The van der Waals surface area contributed by atoms with Crippen molar-refractivity contribution in [2.45, 2.75) is 13.0 Å². The highest BCUT2D eigenvalue weighted by molar-refractivity contribution is 6.26. The van der Waals surface area contributed by atoms with E-state index in [2.05, 4.69) is 10.5 Å². The van der Waals surface area contributed by atoms with Gasteiger partial charge >= 0.3 is 0 Å². The van der Waals surface area contributed by atoms with Gasteiger partial charge in [0.25, 0.3) is 17.1 Å². The molecular weight excluding hydrogens is 532 g/mol. The highest BCUT2D eigenvalue weighted by Crippen LogP contribution is 2.45. The van der Waals surface area contributed by atoms with Crippen molar-refractivity contribution in [1.82, 2.24) is 9.99 Å². The number of fused-ring (bicyclic) bond motifs is 6. The number of aromatic nitrogens is 1. The summed E-state index contributed by atoms with van der Waals surface area (Å²) in [4.78, 5) is 45.6. The summed E-state index contributed by atoms with van der Waals surface area (Å²) in [7, 11) is 0. The number of para-hydroxylation sites is 2. The molecule has 0 unspecified atom stereocenters. The summed E-state index contributed by atoms with van der Waals surface area (Å²) in [6.07, 6.45) is 0.0170. The Balaban J connectivity index is 1.37. The molecule has 0 aliphatic heterocycles. The number of hydrazone groups is 1. The second-order valence-electron chi connectivity index (χ2n) is 9.32. The van der Waals surface area contributed by atoms with Gasteiger partial charge in [-0.2, -0.15) is 5.10 Å². The van der Waals surface area contributed by atoms with Gasteiger partial charge in [-0.15, -0.1) is 0 Å². The third kappa shape index (κ3) is 4.21. The van der Waals surface area contributed by atoms with Crippen LogP contribution in [0.15, 0.2) is 84.0 Å². The molecule has 1 N–H and O–H groups in total. The van der Waals surface area contributed by atoms with Crippen molar-refractivity contribution < 1.29 is 19.6 Å². The first-order chi connectivity index (χ1) is 19.7. The van der Waals surface area contributed by atoms with Crippen molar-refractivity contribution in [1.29, 1.82) is 0 Å². The molecule has 0 spiro atoms. The second-order valence-corrected chi connectivity index (χ2v) is 9.32. The van der Waals surface area contributed by atoms with Crippen LogP contribution in [0.3, 0.4) is 0 Å². The molecule has 0 bridgehead atoms. The molecule has 0 saturated carbocycles. The molecule has 202 valence electrons. The van der Waals surface area contributed by atoms with E-state index in [1.807, 2.05) is 53.1 Å². The van der Waals surface area contributed by atoms with Crippen LogP contribution in [0.25, 0.3) is 32.9 Å². The Morgan fingerprint density at radius 3 is 1.95 bits per heavy atom. The molecule has 1 aliphatic carbocycles. The van der Waals surface area contributed by atoms with Crippen LogP contribution in [0.2, 0.25) is 0 Å². The minimum atomic E-state index is -0.777. The van der Waals surface area contributed by atoms with Gasteiger partial charge in [-0.1, -0.05) is 36.4 Å². The minimum Gasteiger partial charge on any atom is -0.340 e. The van der Waals surface area contributed by atoms with Gasteiger partial charge in [0.1, 0.15) is 0 Å². The fourth-order valence-corrected chi connectivity index (χ4v) is 5.29. The highest BCUT2D eigenvalue weighted by atomic mass is 16.6. The van der Waals surface area contributed by atoms with Crippen molar-refractivity contribution in [3.63, 3.8) is 0 Å². The summed E-state index contributed by atoms with van der Waals surface area (Å²) in [5.74, 6) is -0.486. The van der Waals surface area contributed by atoms with Crippen molar-refractivity contribution in [2.75, 3.05) is 0 Å². The predicted octanol–water partition coefficient (Wildman–Crippen LogP) is 5.46. The molecular formula is C28H18N6O7. The fraction of sp³-hybridized carbons (Fsp3) is 0.0714. The largest absolute Gasteiger partial charge is 0.340 e. The van der Waals surface area contributed by atoms with Gasteiger partial charge in [-0.3, -0.25) is 35.1 Å². The number of nitrogens with zero attached hydrogens (tertiary/aromatic N) is 5. The van der Waals surface area contributed by atoms with E-state index in [9.17, 15) is 35.1 Å². The number of carbonyl (C=O) groups excluding carboxylic acids is 1. The van der Waals surface area contributed by atoms with Crippen LogP contribution < -0.4 is 5.43 Å². The van der Waals surface area contributed by atoms with Crippen molar-refractivity contribution in [3.8, 4) is 11.1 Å². The Kier molecular flexibility index (Phi) is 5.95. The van der Waals surface area contributed by atoms with Crippen LogP contribution in [0.1, 0.15) is 17.5 Å². The smallest absolute Gasteiger partial charge is 0.284 e. The summed E-state index contributed by atoms with van der Waals surface area (Å²) < 4.78 is 2.02. The molecule has 1 aliphatic rings. The van der Waals surface area contributed by atoms with E-state index < -0.39 is 32.1 Å². The molecule has 1 amide bonds. The number of carbonyl (C=O) groups is 1. The maximum Gasteiger partial charge on any atom is 0.284 e. The number of hydrogen-bond acceptors (Lipinski definition) is 8. The number of benzene rings is 4. The highest BCUT2D eigenvalue weighted by Gasteiger charge is 2.36. The SMILES string of the molecule is O=C(CCn1c2ccccc2c2ccccc21)NN=C1c2cc([N+](=O)[O-])ccc2-c2c1cc([N+](=O)[O-])cc2[N+](=O)[O-]. The lowest BCUT2D eigenvalue weighted by Crippen LogP contribution is -2.21. The van der Waals surface area contributed by atoms with Gasteiger partial charge in [0.2, 0.25) is 5.91 Å². The molecule has 0 fully saturated rings. The number of aryl methyl sites for hydroxylation is 1. The first-order valence-electron chi connectivity index (χ1n) is 12.3. The van der Waals surface area contributed by atoms with Gasteiger partial charge in [-0.25, -0.2) is 5.43 Å². The second kappa shape index (κ2) is 9.64. The van der Waals surface area contributed by atoms with Crippen LogP contribution in [0.5, 0.6) is 0 Å². The van der Waals surface area contributed by atoms with Gasteiger partial charge in [0, 0.05) is 64.1 Å². The van der Waals surface area contributed by atoms with Crippen LogP contribution in [-0.2, 0) is 11.3 Å². The number of rotatable bonds is 7. The summed E-state index contributed by atoms with van der Waals surface area (Å²) in [6, 6.07) is 21.3. The van der Waals surface area contributed by atoms with Crippen molar-refractivity contribution >= 4 is 50.5 Å². The number of nitrogens with one attached hydrogen (secondary N) is 1. The average Bonchev–Trinajstić information content (AvgIpc) is 3.46. The summed E-state index contributed by atoms with van der Waals surface area (Å²) in [5.41, 5.74) is 3.33. The molecule has 41 heavy (non-hydrogen) atoms. The molecule has 1 aromatic heterocycles. The van der Waals surface area contributed by atoms with Crippen LogP contribution in [0, 0.1) is 30.3 Å². The van der Waals surface area contributed by atoms with E-state index in [4.69, 9.17) is 0 Å². The van der Waals surface area contributed by atoms with E-state index in [1.54, 1.807) is 0 Å². The normalized spacial score (nSPS) is 12.8. The van der Waals surface area contributed by atoms with E-state index in [0.29, 0.717) is 6.54 Å². The summed E-state index contributed by atoms with van der Waals surface area (Å²) in [5, 5.41) is 41.1. The average molecular weight is 550 g/mol. The third-order valence-corrected chi connectivity index (χ3v) is 7.04. The number of nitro groups is 3. The molecule has 4 aromatic carbocycles. The van der Waals surface area contributed by atoms with E-state index >= 15 is 0 Å². The quantitative estimate of drug-likeness (QED) is 0.203. The maximum absolute atomic E-state index is 13.0. The lowest BCUT2D eigenvalue weighted by molar-refractivity contribution is -0.393. The first-order valence-corrected chi connectivity index (χ1v) is 12.3. The first kappa shape index (κ1) is 25.3. The van der Waals surface area contributed by atoms with E-state index in [1.165, 1.54) is 18.2 Å². The molecule has 0 saturated heterocycles. The molecule has 13 nitrogen and oxygen atoms in total. The Hall–Kier alpha value is -5.98. The zero-order valence-electron chi connectivity index (χ0n) is 21.0. The standard InChI is InChI=1S/C28H18N6O7/c35-26(11-12-31-23-7-3-1-5-18(23)19-6-2-4-8-24(19)31)29-30-28-21-13-16(32(36)37)9-10-20(21)27-22(28)14-17(33(38)39)15-25(27)34(40)41/h1-10,13-15H,11-12H2,(H,29,35). The monoisotopic (exact) mass is 550 g/mol. The predicted molar refractivity (Wildman–Crippen MR) is 150 cm³/mol. The van der Waals surface area contributed by atoms with Crippen LogP contribution in [-0.4, -0.2) is 31.0 Å². The zero-order chi connectivity index (χ0) is 28.8. The van der Waals surface area contributed by atoms with Crippen molar-refractivity contribution in [2.24, 2.45) is 5.10 Å². The molecule has 6 rings (SSSR count). The third-order valence-electron chi connectivity index (χ3n) is 7.04. The summed E-state index contributed by atoms with van der Waals surface area (Å²) in [6.45, 7) is 0.320. The molecule has 0 radical (unpaired) electrons. The minimum absolute atomic E-state index is 0.0170. The van der Waals surface area contributed by atoms with Gasteiger partial charge in [-0.05, 0) is 23.8 Å². The van der Waals surface area contributed by atoms with Gasteiger partial charge in [0.15, 0.2) is 0 Å². The lowest BCUT2D eigenvalue weighted by Gasteiger charge is -2.08. The molecule has 13 heteroatoms. The van der Waals surface area contributed by atoms with Crippen molar-refractivity contribution in [3.05, 3.63) is 120 Å². The Morgan fingerprint density at radius 2 is 1.34 bits per heavy atom.